The molecule has 3 aromatic carbocycles. The summed E-state index contributed by atoms with van der Waals surface area (Å²) in [5, 5.41) is 13.1. The zero-order valence-corrected chi connectivity index (χ0v) is 19.0. The molecule has 0 saturated heterocycles. The molecule has 0 radical (unpaired) electrons. The molecule has 3 aromatic rings. The van der Waals surface area contributed by atoms with Gasteiger partial charge >= 0.3 is 5.97 Å². The van der Waals surface area contributed by atoms with E-state index in [4.69, 9.17) is 9.47 Å². The first-order valence-electron chi connectivity index (χ1n) is 11.0. The number of rotatable bonds is 7. The second kappa shape index (κ2) is 9.63. The summed E-state index contributed by atoms with van der Waals surface area (Å²) in [6.45, 7) is 4.41. The maximum absolute atomic E-state index is 13.8. The number of halogens is 1. The van der Waals surface area contributed by atoms with Crippen LogP contribution in [0, 0.1) is 12.7 Å². The summed E-state index contributed by atoms with van der Waals surface area (Å²) >= 11 is 0. The van der Waals surface area contributed by atoms with Crippen LogP contribution in [0.3, 0.4) is 0 Å². The molecule has 2 N–H and O–H groups in total. The van der Waals surface area contributed by atoms with Crippen molar-refractivity contribution in [1.82, 2.24) is 5.32 Å². The van der Waals surface area contributed by atoms with Crippen LogP contribution in [-0.4, -0.2) is 30.8 Å². The van der Waals surface area contributed by atoms with Crippen molar-refractivity contribution in [3.8, 4) is 11.5 Å². The van der Waals surface area contributed by atoms with E-state index in [0.29, 0.717) is 18.5 Å². The summed E-state index contributed by atoms with van der Waals surface area (Å²) in [7, 11) is 1.45. The standard InChI is InChI=1S/C27H28FNO4/c1-16-8-9-19(12-22(16)27(30)31)23-14-20(33-25-7-5-4-6-21(23)25)15-29-17(2)18-10-11-24(28)26(13-18)32-3/h4-13,17,20,23,29H,14-15H2,1-3H3,(H,30,31)/t17?,20-,23+/m1/s1. The van der Waals surface area contributed by atoms with E-state index in [1.807, 2.05) is 50.2 Å². The fourth-order valence-electron chi connectivity index (χ4n) is 4.39. The summed E-state index contributed by atoms with van der Waals surface area (Å²) in [5.74, 6) is -0.243. The molecule has 0 fully saturated rings. The number of benzene rings is 3. The SMILES string of the molecule is COc1cc(C(C)NC[C@H]2C[C@@H](c3ccc(C)c(C(=O)O)c3)c3ccccc3O2)ccc1F. The Bertz CT molecular complexity index is 1160. The third-order valence-corrected chi connectivity index (χ3v) is 6.31. The van der Waals surface area contributed by atoms with Gasteiger partial charge in [0.15, 0.2) is 11.6 Å². The summed E-state index contributed by atoms with van der Waals surface area (Å²) in [6.07, 6.45) is 0.607. The predicted molar refractivity (Wildman–Crippen MR) is 125 cm³/mol. The van der Waals surface area contributed by atoms with Crippen molar-refractivity contribution < 1.29 is 23.8 Å². The molecule has 4 rings (SSSR count). The Hall–Kier alpha value is -3.38. The molecule has 0 aromatic heterocycles. The number of nitrogens with one attached hydrogen (secondary N) is 1. The van der Waals surface area contributed by atoms with Gasteiger partial charge in [-0.25, -0.2) is 9.18 Å². The van der Waals surface area contributed by atoms with Gasteiger partial charge in [-0.15, -0.1) is 0 Å². The molecular formula is C27H28FNO4. The van der Waals surface area contributed by atoms with Gasteiger partial charge in [-0.3, -0.25) is 0 Å². The third kappa shape index (κ3) is 4.86. The van der Waals surface area contributed by atoms with E-state index in [1.54, 1.807) is 18.2 Å². The zero-order valence-electron chi connectivity index (χ0n) is 19.0. The van der Waals surface area contributed by atoms with Crippen molar-refractivity contribution in [2.24, 2.45) is 0 Å². The first-order chi connectivity index (χ1) is 15.9. The molecule has 0 aliphatic carbocycles. The molecule has 33 heavy (non-hydrogen) atoms. The normalized spacial score (nSPS) is 18.2. The Balaban J connectivity index is 1.54. The predicted octanol–water partition coefficient (Wildman–Crippen LogP) is 5.47. The Morgan fingerprint density at radius 1 is 1.21 bits per heavy atom. The number of ether oxygens (including phenoxy) is 2. The van der Waals surface area contributed by atoms with Crippen LogP contribution in [0.2, 0.25) is 0 Å². The molecule has 1 aliphatic heterocycles. The summed E-state index contributed by atoms with van der Waals surface area (Å²) < 4.78 is 25.1. The molecule has 172 valence electrons. The average molecular weight is 450 g/mol. The van der Waals surface area contributed by atoms with E-state index in [2.05, 4.69) is 5.32 Å². The van der Waals surface area contributed by atoms with Gasteiger partial charge < -0.3 is 19.9 Å². The number of fused-ring (bicyclic) bond motifs is 1. The summed E-state index contributed by atoms with van der Waals surface area (Å²) in [6, 6.07) is 18.4. The minimum absolute atomic E-state index is 0.0293. The molecule has 3 atom stereocenters. The van der Waals surface area contributed by atoms with E-state index < -0.39 is 5.97 Å². The lowest BCUT2D eigenvalue weighted by molar-refractivity contribution is 0.0696. The Labute approximate surface area is 193 Å². The lowest BCUT2D eigenvalue weighted by Gasteiger charge is -2.33. The molecule has 5 nitrogen and oxygen atoms in total. The van der Waals surface area contributed by atoms with E-state index in [0.717, 1.165) is 28.0 Å². The Kier molecular flexibility index (Phi) is 6.65. The number of methoxy groups -OCH3 is 1. The molecule has 0 amide bonds. The van der Waals surface area contributed by atoms with Gasteiger partial charge in [-0.2, -0.15) is 0 Å². The number of hydrogen-bond donors (Lipinski definition) is 2. The van der Waals surface area contributed by atoms with E-state index in [-0.39, 0.29) is 29.6 Å². The summed E-state index contributed by atoms with van der Waals surface area (Å²) in [4.78, 5) is 11.7. The molecule has 1 aliphatic rings. The molecule has 0 spiro atoms. The number of hydrogen-bond acceptors (Lipinski definition) is 4. The number of carboxylic acid groups (broad SMARTS) is 1. The van der Waals surface area contributed by atoms with Crippen molar-refractivity contribution in [3.05, 3.63) is 94.3 Å². The van der Waals surface area contributed by atoms with Crippen molar-refractivity contribution in [2.45, 2.75) is 38.3 Å². The highest BCUT2D eigenvalue weighted by Gasteiger charge is 2.30. The molecule has 6 heteroatoms. The van der Waals surface area contributed by atoms with Crippen molar-refractivity contribution >= 4 is 5.97 Å². The summed E-state index contributed by atoms with van der Waals surface area (Å²) in [5.41, 5.74) is 4.02. The van der Waals surface area contributed by atoms with Crippen LogP contribution in [0.4, 0.5) is 4.39 Å². The fraction of sp³-hybridized carbons (Fsp3) is 0.296. The third-order valence-electron chi connectivity index (χ3n) is 6.31. The highest BCUT2D eigenvalue weighted by atomic mass is 19.1. The molecule has 1 heterocycles. The number of carbonyl (C=O) groups is 1. The van der Waals surface area contributed by atoms with Gasteiger partial charge in [0.1, 0.15) is 11.9 Å². The van der Waals surface area contributed by atoms with Crippen LogP contribution in [0.1, 0.15) is 57.9 Å². The van der Waals surface area contributed by atoms with Crippen LogP contribution in [-0.2, 0) is 0 Å². The van der Waals surface area contributed by atoms with Gasteiger partial charge in [0.05, 0.1) is 12.7 Å². The van der Waals surface area contributed by atoms with Gasteiger partial charge in [0, 0.05) is 24.1 Å². The lowest BCUT2D eigenvalue weighted by atomic mass is 9.83. The molecule has 0 bridgehead atoms. The van der Waals surface area contributed by atoms with E-state index in [1.165, 1.54) is 13.2 Å². The largest absolute Gasteiger partial charge is 0.494 e. The maximum Gasteiger partial charge on any atom is 0.335 e. The highest BCUT2D eigenvalue weighted by Crippen LogP contribution is 2.40. The first kappa shape index (κ1) is 22.8. The van der Waals surface area contributed by atoms with Crippen LogP contribution in [0.5, 0.6) is 11.5 Å². The molecular weight excluding hydrogens is 421 g/mol. The maximum atomic E-state index is 13.8. The first-order valence-corrected chi connectivity index (χ1v) is 11.0. The van der Waals surface area contributed by atoms with E-state index in [9.17, 15) is 14.3 Å². The average Bonchev–Trinajstić information content (AvgIpc) is 2.82. The number of carboxylic acids is 1. The van der Waals surface area contributed by atoms with Gasteiger partial charge in [0.2, 0.25) is 0 Å². The minimum atomic E-state index is -0.920. The van der Waals surface area contributed by atoms with Gasteiger partial charge in [-0.05, 0) is 61.2 Å². The van der Waals surface area contributed by atoms with Crippen LogP contribution < -0.4 is 14.8 Å². The van der Waals surface area contributed by atoms with Crippen molar-refractivity contribution in [1.29, 1.82) is 0 Å². The Morgan fingerprint density at radius 2 is 2.00 bits per heavy atom. The molecule has 1 unspecified atom stereocenters. The fourth-order valence-corrected chi connectivity index (χ4v) is 4.39. The lowest BCUT2D eigenvalue weighted by Crippen LogP contribution is -2.37. The zero-order chi connectivity index (χ0) is 23.5. The van der Waals surface area contributed by atoms with Crippen LogP contribution in [0.25, 0.3) is 0 Å². The smallest absolute Gasteiger partial charge is 0.335 e. The second-order valence-electron chi connectivity index (χ2n) is 8.47. The monoisotopic (exact) mass is 449 g/mol. The van der Waals surface area contributed by atoms with Gasteiger partial charge in [-0.1, -0.05) is 36.4 Å². The second-order valence-corrected chi connectivity index (χ2v) is 8.47. The number of aryl methyl sites for hydroxylation is 1. The Morgan fingerprint density at radius 3 is 2.76 bits per heavy atom. The van der Waals surface area contributed by atoms with Crippen LogP contribution >= 0.6 is 0 Å². The van der Waals surface area contributed by atoms with Crippen molar-refractivity contribution in [3.63, 3.8) is 0 Å². The van der Waals surface area contributed by atoms with Gasteiger partial charge in [0.25, 0.3) is 0 Å². The van der Waals surface area contributed by atoms with Crippen molar-refractivity contribution in [2.75, 3.05) is 13.7 Å². The minimum Gasteiger partial charge on any atom is -0.494 e. The number of para-hydroxylation sites is 1. The topological polar surface area (TPSA) is 67.8 Å². The quantitative estimate of drug-likeness (QED) is 0.500. The molecule has 0 saturated carbocycles. The highest BCUT2D eigenvalue weighted by molar-refractivity contribution is 5.89. The van der Waals surface area contributed by atoms with E-state index >= 15 is 0 Å². The van der Waals surface area contributed by atoms with Crippen LogP contribution in [0.15, 0.2) is 60.7 Å². The number of aromatic carboxylic acids is 1.